The third-order valence-electron chi connectivity index (χ3n) is 9.46. The molecule has 4 fully saturated rings. The summed E-state index contributed by atoms with van der Waals surface area (Å²) in [5, 5.41) is 0.442. The van der Waals surface area contributed by atoms with Crippen molar-refractivity contribution in [3.05, 3.63) is 64.9 Å². The summed E-state index contributed by atoms with van der Waals surface area (Å²) in [6.45, 7) is 3.59. The first-order valence-corrected chi connectivity index (χ1v) is 16.9. The number of benzene rings is 2. The van der Waals surface area contributed by atoms with Crippen LogP contribution in [0.5, 0.6) is 0 Å². The molecule has 7 nitrogen and oxygen atoms in total. The van der Waals surface area contributed by atoms with E-state index >= 15 is 0 Å². The lowest BCUT2D eigenvalue weighted by Crippen LogP contribution is -2.55. The fraction of sp³-hybridized carbons (Fsp3) is 0.581. The van der Waals surface area contributed by atoms with Gasteiger partial charge in [0.25, 0.3) is 0 Å². The predicted molar refractivity (Wildman–Crippen MR) is 163 cm³/mol. The Bertz CT molecular complexity index is 1340. The van der Waals surface area contributed by atoms with Crippen LogP contribution in [-0.2, 0) is 14.8 Å². The van der Waals surface area contributed by atoms with Crippen LogP contribution in [0.25, 0.3) is 0 Å². The average Bonchev–Trinajstić information content (AvgIpc) is 3.78. The van der Waals surface area contributed by atoms with E-state index in [0.717, 1.165) is 32.4 Å². The second-order valence-electron chi connectivity index (χ2n) is 12.1. The monoisotopic (exact) mass is 639 g/mol. The summed E-state index contributed by atoms with van der Waals surface area (Å²) >= 11 is 6.07. The molecule has 11 heteroatoms. The number of amides is 1. The molecule has 1 saturated carbocycles. The van der Waals surface area contributed by atoms with Gasteiger partial charge in [-0.3, -0.25) is 0 Å². The van der Waals surface area contributed by atoms with E-state index < -0.39 is 33.5 Å². The lowest BCUT2D eigenvalue weighted by molar-refractivity contribution is -0.0144. The van der Waals surface area contributed by atoms with Crippen molar-refractivity contribution in [2.24, 2.45) is 0 Å². The van der Waals surface area contributed by atoms with Crippen molar-refractivity contribution in [2.75, 3.05) is 26.2 Å². The number of rotatable bonds is 6. The van der Waals surface area contributed by atoms with Crippen molar-refractivity contribution >= 4 is 40.1 Å². The molecule has 1 amide bonds. The highest BCUT2D eigenvalue weighted by atomic mass is 35.5. The Kier molecular flexibility index (Phi) is 9.74. The van der Waals surface area contributed by atoms with E-state index in [-0.39, 0.29) is 23.4 Å². The van der Waals surface area contributed by atoms with Crippen LogP contribution in [0.3, 0.4) is 0 Å². The molecule has 0 bridgehead atoms. The number of likely N-dealkylation sites (tertiary alicyclic amines) is 2. The lowest BCUT2D eigenvalue weighted by atomic mass is 9.90. The summed E-state index contributed by atoms with van der Waals surface area (Å²) < 4.78 is 50.6. The van der Waals surface area contributed by atoms with Crippen LogP contribution < -0.4 is 0 Å². The zero-order chi connectivity index (χ0) is 28.6. The number of hydrogen-bond donors (Lipinski definition) is 0. The van der Waals surface area contributed by atoms with Gasteiger partial charge in [0.05, 0.1) is 17.0 Å². The van der Waals surface area contributed by atoms with Gasteiger partial charge in [0.2, 0.25) is 10.0 Å². The molecule has 2 aromatic carbocycles. The summed E-state index contributed by atoms with van der Waals surface area (Å²) in [6, 6.07) is 11.7. The van der Waals surface area contributed by atoms with Crippen molar-refractivity contribution in [3.8, 4) is 0 Å². The molecule has 3 heterocycles. The highest BCUT2D eigenvalue weighted by Gasteiger charge is 2.60. The molecule has 0 radical (unpaired) electrons. The largest absolute Gasteiger partial charge is 0.441 e. The number of nitrogens with zero attached hydrogens (tertiary/aromatic N) is 3. The molecule has 1 aliphatic carbocycles. The van der Waals surface area contributed by atoms with Crippen molar-refractivity contribution in [2.45, 2.75) is 92.8 Å². The molecule has 3 aliphatic heterocycles. The Labute approximate surface area is 259 Å². The lowest BCUT2D eigenvalue weighted by Gasteiger charge is -2.45. The molecular formula is C31H40Cl2FN3O4S. The Morgan fingerprint density at radius 1 is 0.905 bits per heavy atom. The number of halogens is 3. The number of piperidine rings is 3. The topological polar surface area (TPSA) is 70.2 Å². The molecule has 3 saturated heterocycles. The molecule has 2 atom stereocenters. The molecular weight excluding hydrogens is 600 g/mol. The van der Waals surface area contributed by atoms with E-state index in [4.69, 9.17) is 16.3 Å². The zero-order valence-corrected chi connectivity index (χ0v) is 26.2. The zero-order valence-electron chi connectivity index (χ0n) is 23.8. The SMILES string of the molecule is Cl.O=C(OC1(C2CCCC(c3cccc(F)c3)N2S(=O)(=O)c2ccc(Cl)cc2)CC1)N1CCC(N2CCCCC2)CC1. The maximum atomic E-state index is 14.3. The van der Waals surface area contributed by atoms with Crippen LogP contribution >= 0.6 is 24.0 Å². The quantitative estimate of drug-likeness (QED) is 0.347. The maximum absolute atomic E-state index is 14.3. The first-order chi connectivity index (χ1) is 19.8. The van der Waals surface area contributed by atoms with E-state index in [1.165, 1.54) is 47.8 Å². The first kappa shape index (κ1) is 31.5. The number of hydrogen-bond acceptors (Lipinski definition) is 5. The number of ether oxygens (including phenoxy) is 1. The van der Waals surface area contributed by atoms with Gasteiger partial charge in [-0.05, 0) is 113 Å². The van der Waals surface area contributed by atoms with E-state index in [9.17, 15) is 17.6 Å². The molecule has 2 aromatic rings. The molecule has 230 valence electrons. The van der Waals surface area contributed by atoms with Gasteiger partial charge < -0.3 is 14.5 Å². The van der Waals surface area contributed by atoms with Gasteiger partial charge in [0.15, 0.2) is 0 Å². The minimum Gasteiger partial charge on any atom is -0.441 e. The van der Waals surface area contributed by atoms with Gasteiger partial charge in [-0.1, -0.05) is 30.2 Å². The van der Waals surface area contributed by atoms with E-state index in [0.29, 0.717) is 55.4 Å². The summed E-state index contributed by atoms with van der Waals surface area (Å²) in [7, 11) is -4.02. The molecule has 4 aliphatic rings. The van der Waals surface area contributed by atoms with Crippen molar-refractivity contribution in [3.63, 3.8) is 0 Å². The van der Waals surface area contributed by atoms with Crippen LogP contribution in [-0.4, -0.2) is 72.5 Å². The third kappa shape index (κ3) is 6.46. The summed E-state index contributed by atoms with van der Waals surface area (Å²) in [5.74, 6) is -0.408. The fourth-order valence-electron chi connectivity index (χ4n) is 7.12. The van der Waals surface area contributed by atoms with Crippen LogP contribution in [0.2, 0.25) is 5.02 Å². The van der Waals surface area contributed by atoms with E-state index in [1.54, 1.807) is 29.2 Å². The normalized spacial score (nSPS) is 25.4. The molecule has 0 spiro atoms. The molecule has 42 heavy (non-hydrogen) atoms. The van der Waals surface area contributed by atoms with Crippen molar-refractivity contribution in [1.29, 1.82) is 0 Å². The summed E-state index contributed by atoms with van der Waals surface area (Å²) in [6.07, 6.45) is 8.41. The van der Waals surface area contributed by atoms with Crippen LogP contribution in [0.1, 0.15) is 75.8 Å². The second-order valence-corrected chi connectivity index (χ2v) is 14.3. The smallest absolute Gasteiger partial charge is 0.410 e. The van der Waals surface area contributed by atoms with Gasteiger partial charge in [0, 0.05) is 24.2 Å². The second kappa shape index (κ2) is 13.0. The highest BCUT2D eigenvalue weighted by Crippen LogP contribution is 2.52. The average molecular weight is 641 g/mol. The first-order valence-electron chi connectivity index (χ1n) is 15.0. The van der Waals surface area contributed by atoms with Crippen LogP contribution in [0.4, 0.5) is 9.18 Å². The number of carbonyl (C=O) groups excluding carboxylic acids is 1. The predicted octanol–water partition coefficient (Wildman–Crippen LogP) is 6.80. The highest BCUT2D eigenvalue weighted by molar-refractivity contribution is 7.89. The summed E-state index contributed by atoms with van der Waals surface area (Å²) in [4.78, 5) is 18.0. The summed E-state index contributed by atoms with van der Waals surface area (Å²) in [5.41, 5.74) is -0.277. The molecule has 0 N–H and O–H groups in total. The Morgan fingerprint density at radius 3 is 2.24 bits per heavy atom. The minimum atomic E-state index is -4.02. The van der Waals surface area contributed by atoms with Crippen LogP contribution in [0.15, 0.2) is 53.4 Å². The van der Waals surface area contributed by atoms with E-state index in [1.807, 2.05) is 0 Å². The molecule has 6 rings (SSSR count). The molecule has 2 unspecified atom stereocenters. The van der Waals surface area contributed by atoms with Gasteiger partial charge in [-0.25, -0.2) is 17.6 Å². The number of sulfonamides is 1. The fourth-order valence-corrected chi connectivity index (χ4v) is 9.17. The van der Waals surface area contributed by atoms with E-state index in [2.05, 4.69) is 4.90 Å². The standard InChI is InChI=1S/C31H39ClFN3O4S.ClH/c32-24-10-12-27(13-11-24)41(38,39)36-28(23-6-4-7-25(33)22-23)8-5-9-29(36)31(16-17-31)40-30(37)35-20-14-26(15-21-35)34-18-2-1-3-19-34;/h4,6-7,10-13,22,26,28-29H,1-3,5,8-9,14-21H2;1H. The maximum Gasteiger partial charge on any atom is 0.410 e. The van der Waals surface area contributed by atoms with Crippen molar-refractivity contribution < 1.29 is 22.3 Å². The van der Waals surface area contributed by atoms with Gasteiger partial charge in [0.1, 0.15) is 11.4 Å². The van der Waals surface area contributed by atoms with Crippen molar-refractivity contribution in [1.82, 2.24) is 14.1 Å². The Hall–Kier alpha value is -1.91. The van der Waals surface area contributed by atoms with Gasteiger partial charge in [-0.2, -0.15) is 4.31 Å². The minimum absolute atomic E-state index is 0. The third-order valence-corrected chi connectivity index (χ3v) is 11.6. The Balaban J connectivity index is 0.00000353. The van der Waals surface area contributed by atoms with Gasteiger partial charge in [-0.15, -0.1) is 12.4 Å². The van der Waals surface area contributed by atoms with Crippen LogP contribution in [0, 0.1) is 5.82 Å². The van der Waals surface area contributed by atoms with Gasteiger partial charge >= 0.3 is 6.09 Å². The Morgan fingerprint density at radius 2 is 1.60 bits per heavy atom. The molecule has 0 aromatic heterocycles. The number of carbonyl (C=O) groups is 1.